The number of piperazine rings is 1. The maximum absolute atomic E-state index is 13.0. The molecule has 1 aromatic heterocycles. The molecule has 29 heavy (non-hydrogen) atoms. The number of amides is 1. The Morgan fingerprint density at radius 3 is 2.62 bits per heavy atom. The van der Waals surface area contributed by atoms with E-state index in [1.807, 2.05) is 35.2 Å². The summed E-state index contributed by atoms with van der Waals surface area (Å²) in [6.45, 7) is 6.46. The SMILES string of the molecule is O=C(c1ccc(-c2ccc3c(c2)OCCO3)s1)N1CCN(CC2CCCO2)CC1. The quantitative estimate of drug-likeness (QED) is 0.770. The van der Waals surface area contributed by atoms with Crippen molar-refractivity contribution in [1.82, 2.24) is 9.80 Å². The van der Waals surface area contributed by atoms with Gasteiger partial charge < -0.3 is 19.1 Å². The van der Waals surface area contributed by atoms with Crippen molar-refractivity contribution in [3.05, 3.63) is 35.2 Å². The summed E-state index contributed by atoms with van der Waals surface area (Å²) < 4.78 is 17.0. The molecule has 1 unspecified atom stereocenters. The fraction of sp³-hybridized carbons (Fsp3) is 0.500. The molecular formula is C22H26N2O4S. The second kappa shape index (κ2) is 8.34. The number of rotatable bonds is 4. The topological polar surface area (TPSA) is 51.2 Å². The van der Waals surface area contributed by atoms with Crippen LogP contribution < -0.4 is 9.47 Å². The number of carbonyl (C=O) groups is 1. The van der Waals surface area contributed by atoms with Crippen molar-refractivity contribution in [3.8, 4) is 21.9 Å². The van der Waals surface area contributed by atoms with E-state index in [0.717, 1.165) is 72.6 Å². The van der Waals surface area contributed by atoms with E-state index in [0.29, 0.717) is 19.3 Å². The maximum Gasteiger partial charge on any atom is 0.264 e. The van der Waals surface area contributed by atoms with Crippen LogP contribution in [-0.2, 0) is 4.74 Å². The number of thiophene rings is 1. The lowest BCUT2D eigenvalue weighted by Crippen LogP contribution is -2.50. The van der Waals surface area contributed by atoms with Gasteiger partial charge in [0.15, 0.2) is 11.5 Å². The van der Waals surface area contributed by atoms with E-state index >= 15 is 0 Å². The van der Waals surface area contributed by atoms with Gasteiger partial charge in [0.1, 0.15) is 13.2 Å². The molecule has 6 nitrogen and oxygen atoms in total. The zero-order valence-electron chi connectivity index (χ0n) is 16.5. The van der Waals surface area contributed by atoms with Crippen molar-refractivity contribution in [2.24, 2.45) is 0 Å². The zero-order chi connectivity index (χ0) is 19.6. The van der Waals surface area contributed by atoms with Crippen molar-refractivity contribution in [3.63, 3.8) is 0 Å². The Morgan fingerprint density at radius 1 is 1.00 bits per heavy atom. The summed E-state index contributed by atoms with van der Waals surface area (Å²) in [5, 5.41) is 0. The standard InChI is InChI=1S/C22H26N2O4S/c25-22(24-9-7-23(8-10-24)15-17-2-1-11-26-17)21-6-5-20(29-21)16-3-4-18-19(14-16)28-13-12-27-18/h3-6,14,17H,1-2,7-13,15H2. The van der Waals surface area contributed by atoms with E-state index in [1.165, 1.54) is 6.42 Å². The summed E-state index contributed by atoms with van der Waals surface area (Å²) in [5.41, 5.74) is 1.06. The molecule has 2 fully saturated rings. The van der Waals surface area contributed by atoms with Crippen LogP contribution in [0.4, 0.5) is 0 Å². The number of benzene rings is 1. The van der Waals surface area contributed by atoms with Gasteiger partial charge in [-0.25, -0.2) is 0 Å². The van der Waals surface area contributed by atoms with E-state index < -0.39 is 0 Å². The number of hydrogen-bond acceptors (Lipinski definition) is 6. The molecule has 0 N–H and O–H groups in total. The molecule has 154 valence electrons. The molecule has 3 aliphatic heterocycles. The highest BCUT2D eigenvalue weighted by Crippen LogP contribution is 2.37. The minimum Gasteiger partial charge on any atom is -0.486 e. The van der Waals surface area contributed by atoms with Gasteiger partial charge in [-0.05, 0) is 48.7 Å². The highest BCUT2D eigenvalue weighted by Gasteiger charge is 2.26. The predicted molar refractivity (Wildman–Crippen MR) is 112 cm³/mol. The van der Waals surface area contributed by atoms with E-state index in [4.69, 9.17) is 14.2 Å². The molecular weight excluding hydrogens is 388 g/mol. The van der Waals surface area contributed by atoms with E-state index in [9.17, 15) is 4.79 Å². The van der Waals surface area contributed by atoms with Gasteiger partial charge in [-0.15, -0.1) is 11.3 Å². The van der Waals surface area contributed by atoms with Gasteiger partial charge >= 0.3 is 0 Å². The minimum atomic E-state index is 0.135. The Labute approximate surface area is 175 Å². The van der Waals surface area contributed by atoms with E-state index in [1.54, 1.807) is 11.3 Å². The summed E-state index contributed by atoms with van der Waals surface area (Å²) in [4.78, 5) is 19.2. The van der Waals surface area contributed by atoms with Crippen LogP contribution in [0.3, 0.4) is 0 Å². The summed E-state index contributed by atoms with van der Waals surface area (Å²) in [6, 6.07) is 9.93. The second-order valence-electron chi connectivity index (χ2n) is 7.75. The third kappa shape index (κ3) is 4.13. The largest absolute Gasteiger partial charge is 0.486 e. The number of fused-ring (bicyclic) bond motifs is 1. The van der Waals surface area contributed by atoms with Crippen molar-refractivity contribution < 1.29 is 19.0 Å². The molecule has 1 amide bonds. The van der Waals surface area contributed by atoms with Crippen molar-refractivity contribution in [1.29, 1.82) is 0 Å². The van der Waals surface area contributed by atoms with E-state index in [2.05, 4.69) is 4.90 Å². The number of hydrogen-bond donors (Lipinski definition) is 0. The normalized spacial score (nSPS) is 22.1. The Kier molecular flexibility index (Phi) is 5.44. The van der Waals surface area contributed by atoms with Crippen LogP contribution in [-0.4, -0.2) is 74.4 Å². The van der Waals surface area contributed by atoms with Gasteiger partial charge in [-0.2, -0.15) is 0 Å². The molecule has 2 saturated heterocycles. The summed E-state index contributed by atoms with van der Waals surface area (Å²) >= 11 is 1.54. The lowest BCUT2D eigenvalue weighted by Gasteiger charge is -2.35. The van der Waals surface area contributed by atoms with Gasteiger partial charge in [0.25, 0.3) is 5.91 Å². The van der Waals surface area contributed by atoms with Crippen LogP contribution in [0.2, 0.25) is 0 Å². The fourth-order valence-corrected chi connectivity index (χ4v) is 5.14. The predicted octanol–water partition coefficient (Wildman–Crippen LogP) is 3.12. The summed E-state index contributed by atoms with van der Waals surface area (Å²) in [7, 11) is 0. The van der Waals surface area contributed by atoms with Crippen molar-refractivity contribution in [2.45, 2.75) is 18.9 Å². The second-order valence-corrected chi connectivity index (χ2v) is 8.83. The van der Waals surface area contributed by atoms with Crippen LogP contribution in [0.5, 0.6) is 11.5 Å². The molecule has 2 aromatic rings. The lowest BCUT2D eigenvalue weighted by atomic mass is 10.1. The molecule has 0 radical (unpaired) electrons. The van der Waals surface area contributed by atoms with Gasteiger partial charge in [-0.3, -0.25) is 9.69 Å². The van der Waals surface area contributed by atoms with E-state index in [-0.39, 0.29) is 5.91 Å². The molecule has 0 spiro atoms. The lowest BCUT2D eigenvalue weighted by molar-refractivity contribution is 0.0435. The first kappa shape index (κ1) is 18.9. The Morgan fingerprint density at radius 2 is 1.83 bits per heavy atom. The fourth-order valence-electron chi connectivity index (χ4n) is 4.17. The molecule has 3 aliphatic rings. The first-order valence-corrected chi connectivity index (χ1v) is 11.2. The summed E-state index contributed by atoms with van der Waals surface area (Å²) in [6.07, 6.45) is 2.72. The highest BCUT2D eigenvalue weighted by atomic mass is 32.1. The molecule has 0 saturated carbocycles. The van der Waals surface area contributed by atoms with Crippen molar-refractivity contribution >= 4 is 17.2 Å². The minimum absolute atomic E-state index is 0.135. The van der Waals surface area contributed by atoms with Crippen LogP contribution >= 0.6 is 11.3 Å². The smallest absolute Gasteiger partial charge is 0.264 e. The van der Waals surface area contributed by atoms with Crippen LogP contribution in [0.15, 0.2) is 30.3 Å². The zero-order valence-corrected chi connectivity index (χ0v) is 17.3. The number of nitrogens with zero attached hydrogens (tertiary/aromatic N) is 2. The van der Waals surface area contributed by atoms with Crippen molar-refractivity contribution in [2.75, 3.05) is 52.5 Å². The Hall–Kier alpha value is -2.09. The number of carbonyl (C=O) groups excluding carboxylic acids is 1. The van der Waals surface area contributed by atoms with Crippen LogP contribution in [0.1, 0.15) is 22.5 Å². The van der Waals surface area contributed by atoms with Gasteiger partial charge in [-0.1, -0.05) is 0 Å². The average molecular weight is 415 g/mol. The first-order valence-electron chi connectivity index (χ1n) is 10.4. The third-order valence-corrected chi connectivity index (χ3v) is 6.91. The van der Waals surface area contributed by atoms with Gasteiger partial charge in [0, 0.05) is 44.2 Å². The summed E-state index contributed by atoms with van der Waals surface area (Å²) in [5.74, 6) is 1.70. The first-order chi connectivity index (χ1) is 14.3. The number of ether oxygens (including phenoxy) is 3. The molecule has 1 atom stereocenters. The van der Waals surface area contributed by atoms with Crippen LogP contribution in [0.25, 0.3) is 10.4 Å². The van der Waals surface area contributed by atoms with Crippen LogP contribution in [0, 0.1) is 0 Å². The molecule has 0 bridgehead atoms. The molecule has 1 aromatic carbocycles. The Bertz CT molecular complexity index is 869. The average Bonchev–Trinajstić information content (AvgIpc) is 3.46. The van der Waals surface area contributed by atoms with Gasteiger partial charge in [0.05, 0.1) is 11.0 Å². The molecule has 7 heteroatoms. The molecule has 4 heterocycles. The van der Waals surface area contributed by atoms with Gasteiger partial charge in [0.2, 0.25) is 0 Å². The molecule has 5 rings (SSSR count). The third-order valence-electron chi connectivity index (χ3n) is 5.79. The monoisotopic (exact) mass is 414 g/mol. The highest BCUT2D eigenvalue weighted by molar-refractivity contribution is 7.17. The molecule has 0 aliphatic carbocycles. The maximum atomic E-state index is 13.0. The Balaban J connectivity index is 1.21.